The monoisotopic (exact) mass is 466 g/mol. The maximum Gasteiger partial charge on any atom is 0.238 e. The number of benzene rings is 1. The summed E-state index contributed by atoms with van der Waals surface area (Å²) in [4.78, 5) is 13.3. The molecule has 1 aliphatic rings. The average molecular weight is 466 g/mol. The summed E-state index contributed by atoms with van der Waals surface area (Å²) in [6.07, 6.45) is 8.30. The molecule has 1 aliphatic heterocycles. The fourth-order valence-corrected chi connectivity index (χ4v) is 4.14. The summed E-state index contributed by atoms with van der Waals surface area (Å²) in [7, 11) is 1.55. The minimum absolute atomic E-state index is 0.0829. The third kappa shape index (κ3) is 4.07. The molecule has 4 heterocycles. The van der Waals surface area contributed by atoms with Crippen molar-refractivity contribution in [2.24, 2.45) is 0 Å². The second kappa shape index (κ2) is 8.77. The Bertz CT molecular complexity index is 1390. The Labute approximate surface area is 193 Å². The first kappa shape index (κ1) is 21.9. The molecule has 0 N–H and O–H groups in total. The average Bonchev–Trinajstić information content (AvgIpc) is 3.45. The third-order valence-electron chi connectivity index (χ3n) is 5.75. The van der Waals surface area contributed by atoms with Crippen LogP contribution in [0.25, 0.3) is 17.8 Å². The van der Waals surface area contributed by atoms with Crippen LogP contribution < -0.4 is 4.74 Å². The third-order valence-corrected chi connectivity index (χ3v) is 5.75. The molecular weight excluding hydrogens is 445 g/mol. The van der Waals surface area contributed by atoms with Gasteiger partial charge in [-0.05, 0) is 50.1 Å². The van der Waals surface area contributed by atoms with E-state index in [-0.39, 0.29) is 5.56 Å². The number of aryl methyl sites for hydroxylation is 2. The molecule has 0 aliphatic carbocycles. The molecule has 1 aromatic carbocycles. The summed E-state index contributed by atoms with van der Waals surface area (Å²) >= 11 is 0. The Morgan fingerprint density at radius 1 is 1.06 bits per heavy atom. The van der Waals surface area contributed by atoms with Gasteiger partial charge in [0.1, 0.15) is 17.3 Å². The van der Waals surface area contributed by atoms with E-state index in [0.29, 0.717) is 42.3 Å². The van der Waals surface area contributed by atoms with E-state index >= 15 is 0 Å². The summed E-state index contributed by atoms with van der Waals surface area (Å²) in [6, 6.07) is 5.20. The van der Waals surface area contributed by atoms with Crippen LogP contribution in [-0.4, -0.2) is 36.4 Å². The van der Waals surface area contributed by atoms with Crippen LogP contribution >= 0.6 is 0 Å². The van der Waals surface area contributed by atoms with Gasteiger partial charge >= 0.3 is 0 Å². The number of hydrogen-bond donors (Lipinski definition) is 0. The van der Waals surface area contributed by atoms with Crippen LogP contribution in [0.5, 0.6) is 5.88 Å². The van der Waals surface area contributed by atoms with Gasteiger partial charge in [0.25, 0.3) is 0 Å². The number of halogens is 3. The predicted molar refractivity (Wildman–Crippen MR) is 119 cm³/mol. The first-order valence-electron chi connectivity index (χ1n) is 10.8. The van der Waals surface area contributed by atoms with Crippen molar-refractivity contribution in [2.45, 2.75) is 32.2 Å². The van der Waals surface area contributed by atoms with Gasteiger partial charge < -0.3 is 9.30 Å². The van der Waals surface area contributed by atoms with Crippen LogP contribution in [0.15, 0.2) is 36.8 Å². The van der Waals surface area contributed by atoms with Crippen molar-refractivity contribution in [3.05, 3.63) is 82.8 Å². The normalized spacial score (nSPS) is 15.6. The summed E-state index contributed by atoms with van der Waals surface area (Å²) in [5.74, 6) is -2.21. The van der Waals surface area contributed by atoms with E-state index in [0.717, 1.165) is 23.9 Å². The quantitative estimate of drug-likeness (QED) is 0.399. The first-order valence-corrected chi connectivity index (χ1v) is 10.8. The van der Waals surface area contributed by atoms with Gasteiger partial charge in [-0.25, -0.2) is 32.8 Å². The summed E-state index contributed by atoms with van der Waals surface area (Å²) in [5.41, 5.74) is 2.35. The van der Waals surface area contributed by atoms with Gasteiger partial charge in [0.2, 0.25) is 5.88 Å². The highest BCUT2D eigenvalue weighted by molar-refractivity contribution is 5.65. The SMILES string of the molecule is COc1nc(C=Cc2nc3n(n2)CCC[C@@H]3c2cc(F)c(F)cc2F)ccc1-n1cnc(C)c1. The lowest BCUT2D eigenvalue weighted by atomic mass is 9.90. The van der Waals surface area contributed by atoms with E-state index in [9.17, 15) is 13.2 Å². The standard InChI is InChI=1S/C24H21F3N6O/c1-14-12-32(13-28-14)21-7-5-15(29-24(21)34-2)6-8-22-30-23-16(4-3-9-33(23)31-22)17-10-19(26)20(27)11-18(17)25/h5-8,10-13,16H,3-4,9H2,1-2H3/t16-/m1/s1. The van der Waals surface area contributed by atoms with Crippen LogP contribution in [0.1, 0.15) is 47.4 Å². The molecule has 7 nitrogen and oxygen atoms in total. The molecule has 10 heteroatoms. The fraction of sp³-hybridized carbons (Fsp3) is 0.250. The highest BCUT2D eigenvalue weighted by Crippen LogP contribution is 2.34. The van der Waals surface area contributed by atoms with Gasteiger partial charge in [0, 0.05) is 30.3 Å². The van der Waals surface area contributed by atoms with Crippen molar-refractivity contribution in [3.63, 3.8) is 0 Å². The van der Waals surface area contributed by atoms with Gasteiger partial charge in [-0.3, -0.25) is 0 Å². The second-order valence-corrected chi connectivity index (χ2v) is 8.05. The summed E-state index contributed by atoms with van der Waals surface area (Å²) < 4.78 is 50.5. The number of pyridine rings is 1. The molecule has 0 radical (unpaired) electrons. The van der Waals surface area contributed by atoms with Crippen molar-refractivity contribution in [3.8, 4) is 11.6 Å². The van der Waals surface area contributed by atoms with Crippen molar-refractivity contribution >= 4 is 12.2 Å². The number of imidazole rings is 1. The summed E-state index contributed by atoms with van der Waals surface area (Å²) in [5, 5.41) is 4.48. The molecule has 34 heavy (non-hydrogen) atoms. The summed E-state index contributed by atoms with van der Waals surface area (Å²) in [6.45, 7) is 2.51. The van der Waals surface area contributed by atoms with Gasteiger partial charge in [0.15, 0.2) is 17.5 Å². The molecule has 1 atom stereocenters. The highest BCUT2D eigenvalue weighted by atomic mass is 19.2. The number of rotatable bonds is 5. The van der Waals surface area contributed by atoms with Gasteiger partial charge in [-0.1, -0.05) is 0 Å². The van der Waals surface area contributed by atoms with E-state index in [4.69, 9.17) is 4.74 Å². The minimum Gasteiger partial charge on any atom is -0.479 e. The molecule has 0 fully saturated rings. The molecular formula is C24H21F3N6O. The number of ether oxygens (including phenoxy) is 1. The van der Waals surface area contributed by atoms with Crippen molar-refractivity contribution in [1.29, 1.82) is 0 Å². The number of fused-ring (bicyclic) bond motifs is 1. The smallest absolute Gasteiger partial charge is 0.238 e. The minimum atomic E-state index is -1.21. The van der Waals surface area contributed by atoms with Crippen molar-refractivity contribution < 1.29 is 17.9 Å². The molecule has 0 spiro atoms. The molecule has 0 saturated heterocycles. The van der Waals surface area contributed by atoms with Gasteiger partial charge in [-0.15, -0.1) is 0 Å². The molecule has 4 aromatic rings. The van der Waals surface area contributed by atoms with Crippen LogP contribution in [0.2, 0.25) is 0 Å². The predicted octanol–water partition coefficient (Wildman–Crippen LogP) is 4.69. The van der Waals surface area contributed by atoms with Crippen LogP contribution in [0.3, 0.4) is 0 Å². The van der Waals surface area contributed by atoms with E-state index < -0.39 is 23.4 Å². The largest absolute Gasteiger partial charge is 0.479 e. The lowest BCUT2D eigenvalue weighted by Gasteiger charge is -2.22. The fourth-order valence-electron chi connectivity index (χ4n) is 4.14. The number of methoxy groups -OCH3 is 1. The zero-order valence-electron chi connectivity index (χ0n) is 18.5. The lowest BCUT2D eigenvalue weighted by molar-refractivity contribution is 0.395. The Morgan fingerprint density at radius 2 is 1.88 bits per heavy atom. The van der Waals surface area contributed by atoms with Crippen molar-refractivity contribution in [1.82, 2.24) is 29.3 Å². The van der Waals surface area contributed by atoms with Crippen LogP contribution in [0.4, 0.5) is 13.2 Å². The van der Waals surface area contributed by atoms with E-state index in [1.54, 1.807) is 30.3 Å². The van der Waals surface area contributed by atoms with E-state index in [2.05, 4.69) is 20.1 Å². The number of hydrogen-bond acceptors (Lipinski definition) is 5. The topological polar surface area (TPSA) is 70.7 Å². The zero-order valence-corrected chi connectivity index (χ0v) is 18.5. The molecule has 0 unspecified atom stereocenters. The first-order chi connectivity index (χ1) is 16.4. The number of nitrogens with zero attached hydrogens (tertiary/aromatic N) is 6. The van der Waals surface area contributed by atoms with E-state index in [1.165, 1.54) is 0 Å². The van der Waals surface area contributed by atoms with Crippen LogP contribution in [-0.2, 0) is 6.54 Å². The maximum atomic E-state index is 14.4. The molecule has 174 valence electrons. The molecule has 0 saturated carbocycles. The molecule has 0 bridgehead atoms. The molecule has 3 aromatic heterocycles. The van der Waals surface area contributed by atoms with Gasteiger partial charge in [-0.2, -0.15) is 5.10 Å². The number of aromatic nitrogens is 6. The van der Waals surface area contributed by atoms with Crippen LogP contribution in [0, 0.1) is 24.4 Å². The highest BCUT2D eigenvalue weighted by Gasteiger charge is 2.28. The Kier molecular flexibility index (Phi) is 5.64. The van der Waals surface area contributed by atoms with Crippen molar-refractivity contribution in [2.75, 3.05) is 7.11 Å². The zero-order chi connectivity index (χ0) is 23.8. The Balaban J connectivity index is 1.43. The Hall–Kier alpha value is -3.95. The lowest BCUT2D eigenvalue weighted by Crippen LogP contribution is -2.19. The molecule has 5 rings (SSSR count). The maximum absolute atomic E-state index is 14.4. The second-order valence-electron chi connectivity index (χ2n) is 8.05. The van der Waals surface area contributed by atoms with E-state index in [1.807, 2.05) is 29.8 Å². The van der Waals surface area contributed by atoms with Gasteiger partial charge in [0.05, 0.1) is 24.8 Å². The molecule has 0 amide bonds. The Morgan fingerprint density at radius 3 is 2.65 bits per heavy atom.